The van der Waals surface area contributed by atoms with Crippen LogP contribution in [0.2, 0.25) is 5.02 Å². The van der Waals surface area contributed by atoms with Gasteiger partial charge in [-0.3, -0.25) is 4.79 Å². The summed E-state index contributed by atoms with van der Waals surface area (Å²) in [7, 11) is 1.67. The lowest BCUT2D eigenvalue weighted by atomic mass is 10.0. The Hall–Kier alpha value is -1.92. The van der Waals surface area contributed by atoms with Gasteiger partial charge < -0.3 is 10.0 Å². The highest BCUT2D eigenvalue weighted by molar-refractivity contribution is 6.32. The second-order valence-corrected chi connectivity index (χ2v) is 6.85. The third-order valence-electron chi connectivity index (χ3n) is 4.45. The van der Waals surface area contributed by atoms with Gasteiger partial charge in [0.1, 0.15) is 5.82 Å². The Bertz CT molecular complexity index is 753. The number of amides is 1. The van der Waals surface area contributed by atoms with E-state index in [2.05, 4.69) is 10.1 Å². The molecule has 3 rings (SSSR count). The van der Waals surface area contributed by atoms with Crippen molar-refractivity contribution in [1.29, 1.82) is 0 Å². The number of para-hydroxylation sites is 1. The predicted octanol–water partition coefficient (Wildman–Crippen LogP) is 2.61. The average molecular weight is 349 g/mol. The van der Waals surface area contributed by atoms with Crippen LogP contribution in [0.25, 0.3) is 5.69 Å². The molecule has 128 valence electrons. The SMILES string of the molecule is Cc1nc(C(=O)N(C)CC2(O)CCCC2)nn1-c1ccccc1Cl. The van der Waals surface area contributed by atoms with E-state index in [1.54, 1.807) is 24.7 Å². The number of nitrogens with zero attached hydrogens (tertiary/aromatic N) is 4. The van der Waals surface area contributed by atoms with Crippen LogP contribution in [0.3, 0.4) is 0 Å². The smallest absolute Gasteiger partial charge is 0.293 e. The molecule has 24 heavy (non-hydrogen) atoms. The molecule has 0 radical (unpaired) electrons. The van der Waals surface area contributed by atoms with E-state index in [1.807, 2.05) is 18.2 Å². The van der Waals surface area contributed by atoms with Crippen LogP contribution in [-0.4, -0.2) is 49.9 Å². The van der Waals surface area contributed by atoms with E-state index in [0.717, 1.165) is 25.7 Å². The average Bonchev–Trinajstić information content (AvgIpc) is 3.13. The molecule has 0 saturated heterocycles. The second kappa shape index (κ2) is 6.53. The molecular weight excluding hydrogens is 328 g/mol. The molecule has 0 bridgehead atoms. The van der Waals surface area contributed by atoms with Crippen molar-refractivity contribution in [3.8, 4) is 5.69 Å². The number of likely N-dealkylation sites (N-methyl/N-ethyl adjacent to an activating group) is 1. The van der Waals surface area contributed by atoms with E-state index in [4.69, 9.17) is 11.6 Å². The highest BCUT2D eigenvalue weighted by Gasteiger charge is 2.34. The number of aliphatic hydroxyl groups is 1. The van der Waals surface area contributed by atoms with Crippen molar-refractivity contribution >= 4 is 17.5 Å². The molecule has 1 aromatic heterocycles. The summed E-state index contributed by atoms with van der Waals surface area (Å²) in [6.07, 6.45) is 3.45. The molecule has 1 amide bonds. The van der Waals surface area contributed by atoms with Crippen molar-refractivity contribution < 1.29 is 9.90 Å². The maximum atomic E-state index is 12.6. The number of aryl methyl sites for hydroxylation is 1. The molecule has 1 aliphatic carbocycles. The summed E-state index contributed by atoms with van der Waals surface area (Å²) in [5.41, 5.74) is -0.106. The van der Waals surface area contributed by atoms with Gasteiger partial charge in [0.05, 0.1) is 16.3 Å². The molecule has 1 heterocycles. The first kappa shape index (κ1) is 16.9. The lowest BCUT2D eigenvalue weighted by Gasteiger charge is -2.27. The molecule has 0 spiro atoms. The quantitative estimate of drug-likeness (QED) is 0.922. The number of rotatable bonds is 4. The summed E-state index contributed by atoms with van der Waals surface area (Å²) in [4.78, 5) is 18.4. The second-order valence-electron chi connectivity index (χ2n) is 6.44. The Morgan fingerprint density at radius 2 is 2.04 bits per heavy atom. The zero-order valence-electron chi connectivity index (χ0n) is 13.9. The summed E-state index contributed by atoms with van der Waals surface area (Å²) >= 11 is 6.20. The van der Waals surface area contributed by atoms with Crippen LogP contribution < -0.4 is 0 Å². The van der Waals surface area contributed by atoms with E-state index >= 15 is 0 Å². The van der Waals surface area contributed by atoms with Gasteiger partial charge in [-0.2, -0.15) is 0 Å². The van der Waals surface area contributed by atoms with E-state index in [-0.39, 0.29) is 11.7 Å². The molecule has 0 aliphatic heterocycles. The minimum absolute atomic E-state index is 0.108. The third-order valence-corrected chi connectivity index (χ3v) is 4.77. The van der Waals surface area contributed by atoms with Crippen molar-refractivity contribution in [2.75, 3.05) is 13.6 Å². The summed E-state index contributed by atoms with van der Waals surface area (Å²) in [6.45, 7) is 2.07. The molecule has 1 aliphatic rings. The zero-order valence-corrected chi connectivity index (χ0v) is 14.6. The lowest BCUT2D eigenvalue weighted by Crippen LogP contribution is -2.42. The molecule has 1 aromatic carbocycles. The standard InChI is InChI=1S/C17H21ClN4O2/c1-12-19-15(20-22(12)14-8-4-3-7-13(14)18)16(23)21(2)11-17(24)9-5-6-10-17/h3-4,7-8,24H,5-6,9-11H2,1-2H3. The first-order valence-corrected chi connectivity index (χ1v) is 8.44. The first-order chi connectivity index (χ1) is 11.4. The summed E-state index contributed by atoms with van der Waals surface area (Å²) in [5, 5.41) is 15.3. The van der Waals surface area contributed by atoms with Gasteiger partial charge in [-0.15, -0.1) is 5.10 Å². The summed E-state index contributed by atoms with van der Waals surface area (Å²) < 4.78 is 1.56. The van der Waals surface area contributed by atoms with Crippen molar-refractivity contribution in [3.63, 3.8) is 0 Å². The fourth-order valence-electron chi connectivity index (χ4n) is 3.21. The summed E-state index contributed by atoms with van der Waals surface area (Å²) in [6, 6.07) is 7.27. The van der Waals surface area contributed by atoms with Crippen LogP contribution in [0.1, 0.15) is 42.1 Å². The largest absolute Gasteiger partial charge is 0.388 e. The number of benzene rings is 1. The predicted molar refractivity (Wildman–Crippen MR) is 91.5 cm³/mol. The molecule has 0 atom stereocenters. The summed E-state index contributed by atoms with van der Waals surface area (Å²) in [5.74, 6) is 0.389. The van der Waals surface area contributed by atoms with Gasteiger partial charge in [0.2, 0.25) is 5.82 Å². The Morgan fingerprint density at radius 3 is 2.71 bits per heavy atom. The van der Waals surface area contributed by atoms with E-state index in [0.29, 0.717) is 23.1 Å². The first-order valence-electron chi connectivity index (χ1n) is 8.06. The molecular formula is C17H21ClN4O2. The third kappa shape index (κ3) is 3.30. The van der Waals surface area contributed by atoms with Crippen LogP contribution in [-0.2, 0) is 0 Å². The van der Waals surface area contributed by atoms with E-state index < -0.39 is 5.60 Å². The Labute approximate surface area is 146 Å². The Morgan fingerprint density at radius 1 is 1.38 bits per heavy atom. The lowest BCUT2D eigenvalue weighted by molar-refractivity contribution is 0.0152. The van der Waals surface area contributed by atoms with Crippen molar-refractivity contribution in [2.24, 2.45) is 0 Å². The van der Waals surface area contributed by atoms with Crippen LogP contribution in [0.15, 0.2) is 24.3 Å². The van der Waals surface area contributed by atoms with Gasteiger partial charge in [0.15, 0.2) is 0 Å². The minimum atomic E-state index is -0.787. The van der Waals surface area contributed by atoms with Crippen molar-refractivity contribution in [3.05, 3.63) is 40.9 Å². The number of hydrogen-bond acceptors (Lipinski definition) is 4. The number of carbonyl (C=O) groups is 1. The van der Waals surface area contributed by atoms with Gasteiger partial charge >= 0.3 is 0 Å². The van der Waals surface area contributed by atoms with Crippen LogP contribution in [0.4, 0.5) is 0 Å². The van der Waals surface area contributed by atoms with Gasteiger partial charge in [0.25, 0.3) is 5.91 Å². The molecule has 2 aromatic rings. The number of hydrogen-bond donors (Lipinski definition) is 1. The zero-order chi connectivity index (χ0) is 17.3. The maximum absolute atomic E-state index is 12.6. The van der Waals surface area contributed by atoms with Crippen LogP contribution in [0.5, 0.6) is 0 Å². The normalized spacial score (nSPS) is 16.3. The Balaban J connectivity index is 1.81. The van der Waals surface area contributed by atoms with Crippen LogP contribution >= 0.6 is 11.6 Å². The number of carbonyl (C=O) groups excluding carboxylic acids is 1. The van der Waals surface area contributed by atoms with E-state index in [9.17, 15) is 9.90 Å². The highest BCUT2D eigenvalue weighted by Crippen LogP contribution is 2.30. The molecule has 0 unspecified atom stereocenters. The van der Waals surface area contributed by atoms with Gasteiger partial charge in [-0.1, -0.05) is 36.6 Å². The van der Waals surface area contributed by atoms with E-state index in [1.165, 1.54) is 4.90 Å². The van der Waals surface area contributed by atoms with Crippen molar-refractivity contribution in [2.45, 2.75) is 38.2 Å². The molecule has 6 nitrogen and oxygen atoms in total. The highest BCUT2D eigenvalue weighted by atomic mass is 35.5. The fourth-order valence-corrected chi connectivity index (χ4v) is 3.42. The van der Waals surface area contributed by atoms with Gasteiger partial charge in [-0.25, -0.2) is 9.67 Å². The monoisotopic (exact) mass is 348 g/mol. The van der Waals surface area contributed by atoms with Gasteiger partial charge in [0, 0.05) is 13.6 Å². The molecule has 7 heteroatoms. The van der Waals surface area contributed by atoms with Crippen LogP contribution in [0, 0.1) is 6.92 Å². The number of aromatic nitrogens is 3. The molecule has 1 saturated carbocycles. The fraction of sp³-hybridized carbons (Fsp3) is 0.471. The minimum Gasteiger partial charge on any atom is -0.388 e. The van der Waals surface area contributed by atoms with Gasteiger partial charge in [-0.05, 0) is 31.9 Å². The Kier molecular flexibility index (Phi) is 4.60. The van der Waals surface area contributed by atoms with Crippen molar-refractivity contribution in [1.82, 2.24) is 19.7 Å². The maximum Gasteiger partial charge on any atom is 0.293 e. The topological polar surface area (TPSA) is 71.2 Å². The molecule has 1 N–H and O–H groups in total. The number of halogens is 1. The molecule has 1 fully saturated rings.